The number of rotatable bonds is 2. The molecule has 0 saturated carbocycles. The average molecular weight is 150 g/mol. The molecule has 11 heavy (non-hydrogen) atoms. The van der Waals surface area contributed by atoms with Crippen molar-refractivity contribution in [3.05, 3.63) is 29.8 Å². The van der Waals surface area contributed by atoms with E-state index >= 15 is 0 Å². The van der Waals surface area contributed by atoms with Gasteiger partial charge in [-0.1, -0.05) is 0 Å². The summed E-state index contributed by atoms with van der Waals surface area (Å²) in [5.41, 5.74) is 0.966. The molecule has 0 aliphatic rings. The summed E-state index contributed by atoms with van der Waals surface area (Å²) in [7, 11) is 1.63. The van der Waals surface area contributed by atoms with Gasteiger partial charge in [-0.2, -0.15) is 5.10 Å². The first-order valence-corrected chi connectivity index (χ1v) is 3.24. The summed E-state index contributed by atoms with van der Waals surface area (Å²) in [6.45, 7) is 0. The second-order valence-corrected chi connectivity index (χ2v) is 2.05. The maximum Gasteiger partial charge on any atom is 0.118 e. The summed E-state index contributed by atoms with van der Waals surface area (Å²) < 4.78 is 4.97. The van der Waals surface area contributed by atoms with E-state index in [0.717, 1.165) is 11.3 Å². The van der Waals surface area contributed by atoms with Crippen molar-refractivity contribution in [3.8, 4) is 5.75 Å². The molecule has 1 rings (SSSR count). The molecule has 0 amide bonds. The Labute approximate surface area is 65.5 Å². The highest BCUT2D eigenvalue weighted by atomic mass is 16.5. The molecule has 1 aromatic rings. The van der Waals surface area contributed by atoms with Crippen LogP contribution in [-0.2, 0) is 0 Å². The first kappa shape index (κ1) is 7.60. The molecule has 58 valence electrons. The van der Waals surface area contributed by atoms with Gasteiger partial charge in [0.05, 0.1) is 13.3 Å². The molecular weight excluding hydrogens is 140 g/mol. The van der Waals surface area contributed by atoms with Crippen LogP contribution in [0.5, 0.6) is 5.75 Å². The van der Waals surface area contributed by atoms with E-state index in [1.165, 1.54) is 0 Å². The van der Waals surface area contributed by atoms with E-state index < -0.39 is 0 Å². The van der Waals surface area contributed by atoms with Crippen molar-refractivity contribution in [3.63, 3.8) is 0 Å². The zero-order valence-electron chi connectivity index (χ0n) is 6.32. The third kappa shape index (κ3) is 1.97. The summed E-state index contributed by atoms with van der Waals surface area (Å²) in [4.78, 5) is 0. The number of nitrogens with zero attached hydrogens (tertiary/aromatic N) is 1. The van der Waals surface area contributed by atoms with Crippen LogP contribution in [0.2, 0.25) is 0 Å². The third-order valence-electron chi connectivity index (χ3n) is 1.34. The Morgan fingerprint density at radius 3 is 2.45 bits per heavy atom. The lowest BCUT2D eigenvalue weighted by Crippen LogP contribution is -1.87. The van der Waals surface area contributed by atoms with Crippen LogP contribution in [0.15, 0.2) is 29.4 Å². The Morgan fingerprint density at radius 1 is 1.36 bits per heavy atom. The molecule has 3 heteroatoms. The van der Waals surface area contributed by atoms with Crippen molar-refractivity contribution < 1.29 is 4.74 Å². The van der Waals surface area contributed by atoms with E-state index in [1.807, 2.05) is 24.3 Å². The Kier molecular flexibility index (Phi) is 2.49. The van der Waals surface area contributed by atoms with Crippen molar-refractivity contribution in [2.45, 2.75) is 0 Å². The molecule has 0 heterocycles. The molecule has 2 N–H and O–H groups in total. The summed E-state index contributed by atoms with van der Waals surface area (Å²) in [5, 5.41) is 3.40. The molecule has 0 aromatic heterocycles. The van der Waals surface area contributed by atoms with Gasteiger partial charge < -0.3 is 10.6 Å². The van der Waals surface area contributed by atoms with Crippen molar-refractivity contribution in [1.82, 2.24) is 0 Å². The number of hydrogen-bond donors (Lipinski definition) is 1. The number of hydrazone groups is 1. The smallest absolute Gasteiger partial charge is 0.118 e. The van der Waals surface area contributed by atoms with Crippen LogP contribution >= 0.6 is 0 Å². The first-order valence-electron chi connectivity index (χ1n) is 3.24. The Balaban J connectivity index is 2.82. The van der Waals surface area contributed by atoms with Gasteiger partial charge in [-0.15, -0.1) is 0 Å². The molecular formula is C8H10N2O. The number of nitrogens with two attached hydrogens (primary N) is 1. The second kappa shape index (κ2) is 3.61. The minimum absolute atomic E-state index is 0.833. The topological polar surface area (TPSA) is 47.6 Å². The second-order valence-electron chi connectivity index (χ2n) is 2.05. The quantitative estimate of drug-likeness (QED) is 0.388. The van der Waals surface area contributed by atoms with E-state index in [-0.39, 0.29) is 0 Å². The minimum atomic E-state index is 0.833. The molecule has 0 fully saturated rings. The van der Waals surface area contributed by atoms with Gasteiger partial charge in [-0.25, -0.2) is 0 Å². The lowest BCUT2D eigenvalue weighted by Gasteiger charge is -1.97. The number of benzene rings is 1. The summed E-state index contributed by atoms with van der Waals surface area (Å²) in [6, 6.07) is 7.48. The van der Waals surface area contributed by atoms with Crippen LogP contribution < -0.4 is 10.6 Å². The van der Waals surface area contributed by atoms with E-state index in [0.29, 0.717) is 0 Å². The van der Waals surface area contributed by atoms with Gasteiger partial charge >= 0.3 is 0 Å². The van der Waals surface area contributed by atoms with Gasteiger partial charge in [0, 0.05) is 0 Å². The van der Waals surface area contributed by atoms with Gasteiger partial charge in [0.1, 0.15) is 5.75 Å². The maximum absolute atomic E-state index is 4.97. The standard InChI is InChI=1S/C8H10N2O/c1-11-8-4-2-7(3-5-8)6-10-9/h2-6H,9H2,1H3. The lowest BCUT2D eigenvalue weighted by molar-refractivity contribution is 0.415. The fourth-order valence-electron chi connectivity index (χ4n) is 0.776. The van der Waals surface area contributed by atoms with E-state index in [1.54, 1.807) is 13.3 Å². The predicted molar refractivity (Wildman–Crippen MR) is 44.8 cm³/mol. The fourth-order valence-corrected chi connectivity index (χ4v) is 0.776. The highest BCUT2D eigenvalue weighted by molar-refractivity contribution is 5.79. The molecule has 1 aromatic carbocycles. The van der Waals surface area contributed by atoms with Crippen LogP contribution in [-0.4, -0.2) is 13.3 Å². The van der Waals surface area contributed by atoms with E-state index in [9.17, 15) is 0 Å². The van der Waals surface area contributed by atoms with Gasteiger partial charge in [0.25, 0.3) is 0 Å². The zero-order chi connectivity index (χ0) is 8.10. The van der Waals surface area contributed by atoms with Gasteiger partial charge in [0.2, 0.25) is 0 Å². The molecule has 0 unspecified atom stereocenters. The monoisotopic (exact) mass is 150 g/mol. The molecule has 0 saturated heterocycles. The van der Waals surface area contributed by atoms with Crippen LogP contribution in [0, 0.1) is 0 Å². The van der Waals surface area contributed by atoms with Gasteiger partial charge in [-0.05, 0) is 29.8 Å². The Morgan fingerprint density at radius 2 is 2.00 bits per heavy atom. The first-order chi connectivity index (χ1) is 5.36. The van der Waals surface area contributed by atoms with Gasteiger partial charge in [-0.3, -0.25) is 0 Å². The summed E-state index contributed by atoms with van der Waals surface area (Å²) in [6.07, 6.45) is 1.58. The van der Waals surface area contributed by atoms with Crippen LogP contribution in [0.3, 0.4) is 0 Å². The van der Waals surface area contributed by atoms with Gasteiger partial charge in [0.15, 0.2) is 0 Å². The van der Waals surface area contributed by atoms with E-state index in [2.05, 4.69) is 5.10 Å². The Hall–Kier alpha value is -1.51. The van der Waals surface area contributed by atoms with Crippen molar-refractivity contribution in [1.29, 1.82) is 0 Å². The molecule has 0 spiro atoms. The number of ether oxygens (including phenoxy) is 1. The lowest BCUT2D eigenvalue weighted by atomic mass is 10.2. The fraction of sp³-hybridized carbons (Fsp3) is 0.125. The molecule has 0 atom stereocenters. The summed E-state index contributed by atoms with van der Waals surface area (Å²) in [5.74, 6) is 5.80. The van der Waals surface area contributed by atoms with E-state index in [4.69, 9.17) is 10.6 Å². The molecule has 3 nitrogen and oxygen atoms in total. The van der Waals surface area contributed by atoms with Crippen molar-refractivity contribution in [2.24, 2.45) is 10.9 Å². The maximum atomic E-state index is 4.97. The molecule has 0 radical (unpaired) electrons. The SMILES string of the molecule is COc1ccc(C=NN)cc1. The average Bonchev–Trinajstić information content (AvgIpc) is 2.07. The van der Waals surface area contributed by atoms with Crippen molar-refractivity contribution in [2.75, 3.05) is 7.11 Å². The van der Waals surface area contributed by atoms with Crippen LogP contribution in [0.4, 0.5) is 0 Å². The van der Waals surface area contributed by atoms with Crippen LogP contribution in [0.25, 0.3) is 0 Å². The van der Waals surface area contributed by atoms with Crippen LogP contribution in [0.1, 0.15) is 5.56 Å². The highest BCUT2D eigenvalue weighted by Gasteiger charge is 1.88. The molecule has 0 bridgehead atoms. The summed E-state index contributed by atoms with van der Waals surface area (Å²) >= 11 is 0. The molecule has 0 aliphatic heterocycles. The molecule has 0 aliphatic carbocycles. The minimum Gasteiger partial charge on any atom is -0.497 e. The Bertz CT molecular complexity index is 241. The van der Waals surface area contributed by atoms with Crippen molar-refractivity contribution >= 4 is 6.21 Å². The largest absolute Gasteiger partial charge is 0.497 e. The number of hydrogen-bond acceptors (Lipinski definition) is 3. The number of methoxy groups -OCH3 is 1. The zero-order valence-corrected chi connectivity index (χ0v) is 6.32. The highest BCUT2D eigenvalue weighted by Crippen LogP contribution is 2.09. The normalized spacial score (nSPS) is 10.3. The predicted octanol–water partition coefficient (Wildman–Crippen LogP) is 0.988. The third-order valence-corrected chi connectivity index (χ3v) is 1.34.